The van der Waals surface area contributed by atoms with Gasteiger partial charge in [-0.15, -0.1) is 10.2 Å². The first-order valence-electron chi connectivity index (χ1n) is 6.44. The lowest BCUT2D eigenvalue weighted by Gasteiger charge is -1.99. The van der Waals surface area contributed by atoms with E-state index in [0.717, 1.165) is 0 Å². The van der Waals surface area contributed by atoms with Gasteiger partial charge < -0.3 is 5.11 Å². The monoisotopic (exact) mass is 314 g/mol. The van der Waals surface area contributed by atoms with Crippen LogP contribution < -0.4 is 0 Å². The number of carbonyl (C=O) groups is 1. The summed E-state index contributed by atoms with van der Waals surface area (Å²) in [6.45, 7) is 1.80. The van der Waals surface area contributed by atoms with Gasteiger partial charge in [0, 0.05) is 6.20 Å². The third-order valence-corrected chi connectivity index (χ3v) is 3.34. The van der Waals surface area contributed by atoms with Crippen LogP contribution in [0.2, 0.25) is 5.02 Å². The zero-order valence-corrected chi connectivity index (χ0v) is 12.3. The van der Waals surface area contributed by atoms with Crippen LogP contribution in [0.1, 0.15) is 16.1 Å². The number of aromatic carboxylic acids is 1. The summed E-state index contributed by atoms with van der Waals surface area (Å²) in [5.41, 5.74) is 1.75. The fourth-order valence-electron chi connectivity index (χ4n) is 2.09. The Balaban J connectivity index is 2.09. The van der Waals surface area contributed by atoms with Crippen LogP contribution >= 0.6 is 11.6 Å². The molecule has 22 heavy (non-hydrogen) atoms. The van der Waals surface area contributed by atoms with Crippen molar-refractivity contribution >= 4 is 34.7 Å². The van der Waals surface area contributed by atoms with Crippen molar-refractivity contribution in [3.63, 3.8) is 0 Å². The number of benzene rings is 1. The van der Waals surface area contributed by atoms with Gasteiger partial charge in [-0.1, -0.05) is 23.7 Å². The molecule has 0 unspecified atom stereocenters. The largest absolute Gasteiger partial charge is 0.478 e. The van der Waals surface area contributed by atoms with Crippen LogP contribution in [0.5, 0.6) is 0 Å². The van der Waals surface area contributed by atoms with Crippen LogP contribution in [0.15, 0.2) is 52.8 Å². The number of pyridine rings is 1. The maximum Gasteiger partial charge on any atom is 0.337 e. The average molecular weight is 315 g/mol. The van der Waals surface area contributed by atoms with Crippen molar-refractivity contribution in [1.82, 2.24) is 9.38 Å². The number of imidazole rings is 1. The van der Waals surface area contributed by atoms with E-state index in [9.17, 15) is 4.79 Å². The van der Waals surface area contributed by atoms with Gasteiger partial charge in [-0.3, -0.25) is 4.40 Å². The van der Waals surface area contributed by atoms with Crippen molar-refractivity contribution in [2.24, 2.45) is 10.2 Å². The molecule has 3 rings (SSSR count). The molecule has 1 aromatic carbocycles. The molecular formula is C15H11ClN4O2. The smallest absolute Gasteiger partial charge is 0.337 e. The number of nitrogens with zero attached hydrogens (tertiary/aromatic N) is 4. The third kappa shape index (κ3) is 2.56. The molecule has 2 aromatic heterocycles. The van der Waals surface area contributed by atoms with Gasteiger partial charge in [0.15, 0.2) is 5.82 Å². The predicted octanol–water partition coefficient (Wildman–Crippen LogP) is 4.41. The van der Waals surface area contributed by atoms with E-state index in [1.807, 2.05) is 0 Å². The minimum absolute atomic E-state index is 0.0933. The predicted molar refractivity (Wildman–Crippen MR) is 82.5 cm³/mol. The van der Waals surface area contributed by atoms with Crippen molar-refractivity contribution < 1.29 is 9.90 Å². The fourth-order valence-corrected chi connectivity index (χ4v) is 2.25. The van der Waals surface area contributed by atoms with Crippen LogP contribution in [0.3, 0.4) is 0 Å². The molecule has 0 aliphatic carbocycles. The highest BCUT2D eigenvalue weighted by atomic mass is 35.5. The van der Waals surface area contributed by atoms with E-state index in [-0.39, 0.29) is 11.3 Å². The molecule has 0 aliphatic heterocycles. The highest BCUT2D eigenvalue weighted by molar-refractivity contribution is 6.30. The van der Waals surface area contributed by atoms with Crippen LogP contribution in [0.25, 0.3) is 5.65 Å². The summed E-state index contributed by atoms with van der Waals surface area (Å²) in [6.07, 6.45) is 1.69. The molecule has 6 nitrogen and oxygen atoms in total. The third-order valence-electron chi connectivity index (χ3n) is 3.11. The lowest BCUT2D eigenvalue weighted by molar-refractivity contribution is 0.0698. The summed E-state index contributed by atoms with van der Waals surface area (Å²) in [7, 11) is 0. The van der Waals surface area contributed by atoms with Gasteiger partial charge in [0.25, 0.3) is 0 Å². The van der Waals surface area contributed by atoms with Crippen LogP contribution in [0.4, 0.5) is 11.5 Å². The van der Waals surface area contributed by atoms with Crippen molar-refractivity contribution in [3.8, 4) is 0 Å². The molecule has 7 heteroatoms. The SMILES string of the molecule is Cc1nc2ccc(Cl)cn2c1N=Nc1ccccc1C(=O)O. The molecule has 0 bridgehead atoms. The number of halogens is 1. The number of hydrogen-bond donors (Lipinski definition) is 1. The van der Waals surface area contributed by atoms with E-state index in [1.165, 1.54) is 6.07 Å². The second-order valence-electron chi connectivity index (χ2n) is 4.62. The average Bonchev–Trinajstić information content (AvgIpc) is 2.80. The number of carboxylic acid groups (broad SMARTS) is 1. The molecule has 3 aromatic rings. The Kier molecular flexibility index (Phi) is 3.60. The number of fused-ring (bicyclic) bond motifs is 1. The molecular weight excluding hydrogens is 304 g/mol. The fraction of sp³-hybridized carbons (Fsp3) is 0.0667. The summed E-state index contributed by atoms with van der Waals surface area (Å²) < 4.78 is 1.71. The van der Waals surface area contributed by atoms with Crippen molar-refractivity contribution in [3.05, 3.63) is 58.9 Å². The minimum atomic E-state index is -1.05. The molecule has 1 N–H and O–H groups in total. The molecule has 0 saturated carbocycles. The topological polar surface area (TPSA) is 79.3 Å². The van der Waals surface area contributed by atoms with Gasteiger partial charge in [-0.2, -0.15) is 0 Å². The van der Waals surface area contributed by atoms with Gasteiger partial charge in [-0.05, 0) is 31.2 Å². The maximum absolute atomic E-state index is 11.2. The molecule has 110 valence electrons. The Morgan fingerprint density at radius 1 is 1.23 bits per heavy atom. The van der Waals surface area contributed by atoms with E-state index in [1.54, 1.807) is 47.9 Å². The second-order valence-corrected chi connectivity index (χ2v) is 5.06. The number of azo groups is 1. The molecule has 0 saturated heterocycles. The second kappa shape index (κ2) is 5.57. The first-order chi connectivity index (χ1) is 10.6. The minimum Gasteiger partial charge on any atom is -0.478 e. The van der Waals surface area contributed by atoms with Crippen LogP contribution in [-0.4, -0.2) is 20.5 Å². The number of aromatic nitrogens is 2. The number of carboxylic acids is 1. The number of rotatable bonds is 3. The maximum atomic E-state index is 11.2. The van der Waals surface area contributed by atoms with E-state index in [0.29, 0.717) is 22.2 Å². The summed E-state index contributed by atoms with van der Waals surface area (Å²) in [5.74, 6) is -0.537. The Labute approximate surface area is 130 Å². The quantitative estimate of drug-likeness (QED) is 0.727. The van der Waals surface area contributed by atoms with E-state index in [2.05, 4.69) is 15.2 Å². The Morgan fingerprint density at radius 3 is 2.77 bits per heavy atom. The molecule has 0 spiro atoms. The zero-order chi connectivity index (χ0) is 15.7. The van der Waals surface area contributed by atoms with E-state index >= 15 is 0 Å². The van der Waals surface area contributed by atoms with Crippen molar-refractivity contribution in [1.29, 1.82) is 0 Å². The van der Waals surface area contributed by atoms with Gasteiger partial charge >= 0.3 is 5.97 Å². The van der Waals surface area contributed by atoms with Gasteiger partial charge in [0.2, 0.25) is 0 Å². The lowest BCUT2D eigenvalue weighted by Crippen LogP contribution is -1.95. The Bertz CT molecular complexity index is 902. The molecule has 0 radical (unpaired) electrons. The van der Waals surface area contributed by atoms with E-state index < -0.39 is 5.97 Å². The first kappa shape index (κ1) is 14.2. The molecule has 0 fully saturated rings. The number of hydrogen-bond acceptors (Lipinski definition) is 4. The summed E-state index contributed by atoms with van der Waals surface area (Å²) in [5, 5.41) is 17.9. The molecule has 2 heterocycles. The van der Waals surface area contributed by atoms with Gasteiger partial charge in [-0.25, -0.2) is 9.78 Å². The van der Waals surface area contributed by atoms with Crippen molar-refractivity contribution in [2.75, 3.05) is 0 Å². The zero-order valence-electron chi connectivity index (χ0n) is 11.6. The molecule has 0 amide bonds. The van der Waals surface area contributed by atoms with E-state index in [4.69, 9.17) is 16.7 Å². The molecule has 0 atom stereocenters. The Hall–Kier alpha value is -2.73. The Morgan fingerprint density at radius 2 is 2.00 bits per heavy atom. The summed E-state index contributed by atoms with van der Waals surface area (Å²) >= 11 is 5.99. The lowest BCUT2D eigenvalue weighted by atomic mass is 10.2. The van der Waals surface area contributed by atoms with Crippen LogP contribution in [-0.2, 0) is 0 Å². The summed E-state index contributed by atoms with van der Waals surface area (Å²) in [4.78, 5) is 15.5. The normalized spacial score (nSPS) is 11.4. The molecule has 0 aliphatic rings. The van der Waals surface area contributed by atoms with Gasteiger partial charge in [0.05, 0.1) is 16.3 Å². The summed E-state index contributed by atoms with van der Waals surface area (Å²) in [6, 6.07) is 9.94. The van der Waals surface area contributed by atoms with Gasteiger partial charge in [0.1, 0.15) is 11.3 Å². The van der Waals surface area contributed by atoms with Crippen molar-refractivity contribution in [2.45, 2.75) is 6.92 Å². The number of aryl methyl sites for hydroxylation is 1. The highest BCUT2D eigenvalue weighted by Crippen LogP contribution is 2.26. The standard InChI is InChI=1S/C15H11ClN4O2/c1-9-14(20-8-10(16)6-7-13(20)17-9)19-18-12-5-3-2-4-11(12)15(21)22/h2-8H,1H3,(H,21,22). The first-order valence-corrected chi connectivity index (χ1v) is 6.82. The van der Waals surface area contributed by atoms with Crippen LogP contribution in [0, 0.1) is 6.92 Å². The highest BCUT2D eigenvalue weighted by Gasteiger charge is 2.11.